The van der Waals surface area contributed by atoms with Crippen LogP contribution in [-0.4, -0.2) is 58.7 Å². The molecule has 0 atom stereocenters. The monoisotopic (exact) mass is 851 g/mol. The molecule has 0 fully saturated rings. The summed E-state index contributed by atoms with van der Waals surface area (Å²) in [5.41, 5.74) is 0. The largest absolute Gasteiger partial charge is 3.00 e. The minimum atomic E-state index is -4.48. The van der Waals surface area contributed by atoms with E-state index in [1.807, 2.05) is 0 Å². The van der Waals surface area contributed by atoms with Crippen LogP contribution in [0.4, 0.5) is 0 Å². The van der Waals surface area contributed by atoms with Crippen molar-refractivity contribution in [1.82, 2.24) is 0 Å². The Bertz CT molecular complexity index is 883. The topological polar surface area (TPSA) is 199 Å². The van der Waals surface area contributed by atoms with Crippen LogP contribution >= 0.6 is 0 Å². The summed E-state index contributed by atoms with van der Waals surface area (Å²) in [7, 11) is -13.5. The van der Waals surface area contributed by atoms with Crippen LogP contribution in [0.2, 0.25) is 0 Å². The molecule has 0 bridgehead atoms. The van der Waals surface area contributed by atoms with E-state index in [4.69, 9.17) is 0 Å². The molecular formula is C36H75FeO12S3. The summed E-state index contributed by atoms with van der Waals surface area (Å²) in [5, 5.41) is 0. The Morgan fingerprint density at radius 2 is 0.423 bits per heavy atom. The first-order chi connectivity index (χ1) is 24.2. The molecule has 0 aromatic heterocycles. The van der Waals surface area contributed by atoms with Gasteiger partial charge in [-0.1, -0.05) is 194 Å². The van der Waals surface area contributed by atoms with E-state index >= 15 is 0 Å². The minimum Gasteiger partial charge on any atom is -0.726 e. The van der Waals surface area contributed by atoms with Gasteiger partial charge in [-0.25, -0.2) is 25.3 Å². The summed E-state index contributed by atoms with van der Waals surface area (Å²) < 4.78 is 103. The first-order valence-electron chi connectivity index (χ1n) is 20.0. The molecule has 0 aliphatic rings. The van der Waals surface area contributed by atoms with Crippen molar-refractivity contribution in [3.63, 3.8) is 0 Å². The predicted octanol–water partition coefficient (Wildman–Crippen LogP) is 10.1. The van der Waals surface area contributed by atoms with E-state index in [1.54, 1.807) is 0 Å². The van der Waals surface area contributed by atoms with Gasteiger partial charge < -0.3 is 13.7 Å². The maximum Gasteiger partial charge on any atom is 3.00 e. The molecule has 0 N–H and O–H groups in total. The van der Waals surface area contributed by atoms with E-state index in [1.165, 1.54) is 135 Å². The smallest absolute Gasteiger partial charge is 0.726 e. The van der Waals surface area contributed by atoms with Crippen LogP contribution in [0.3, 0.4) is 0 Å². The van der Waals surface area contributed by atoms with Crippen molar-refractivity contribution in [1.29, 1.82) is 0 Å². The average molecular weight is 852 g/mol. The normalized spacial score (nSPS) is 11.7. The second kappa shape index (κ2) is 43.9. The molecule has 0 aliphatic heterocycles. The van der Waals surface area contributed by atoms with Gasteiger partial charge in [-0.05, 0) is 19.3 Å². The Labute approximate surface area is 331 Å². The van der Waals surface area contributed by atoms with Gasteiger partial charge >= 0.3 is 17.1 Å². The third-order valence-electron chi connectivity index (χ3n) is 8.18. The summed E-state index contributed by atoms with van der Waals surface area (Å²) in [6.07, 6.45) is 35.1. The van der Waals surface area contributed by atoms with Crippen molar-refractivity contribution in [3.05, 3.63) is 0 Å². The molecular weight excluding hydrogens is 776 g/mol. The predicted molar refractivity (Wildman–Crippen MR) is 202 cm³/mol. The van der Waals surface area contributed by atoms with Gasteiger partial charge in [0.05, 0.1) is 19.8 Å². The Balaban J connectivity index is -0.000000329. The Hall–Kier alpha value is 0.129. The molecule has 0 saturated heterocycles. The molecule has 0 aromatic rings. The Morgan fingerprint density at radius 1 is 0.288 bits per heavy atom. The van der Waals surface area contributed by atoms with Crippen LogP contribution in [-0.2, 0) is 60.8 Å². The van der Waals surface area contributed by atoms with Crippen LogP contribution in [0, 0.1) is 0 Å². The van der Waals surface area contributed by atoms with Crippen LogP contribution < -0.4 is 0 Å². The van der Waals surface area contributed by atoms with Gasteiger partial charge in [0.2, 0.25) is 31.2 Å². The molecule has 0 heterocycles. The Morgan fingerprint density at radius 3 is 0.558 bits per heavy atom. The van der Waals surface area contributed by atoms with Gasteiger partial charge in [-0.15, -0.1) is 0 Å². The van der Waals surface area contributed by atoms with Crippen molar-refractivity contribution in [2.24, 2.45) is 0 Å². The van der Waals surface area contributed by atoms with E-state index in [2.05, 4.69) is 33.3 Å². The molecule has 0 rings (SSSR count). The first kappa shape index (κ1) is 58.8. The zero-order valence-corrected chi connectivity index (χ0v) is 36.4. The van der Waals surface area contributed by atoms with Crippen molar-refractivity contribution >= 4 is 31.2 Å². The summed E-state index contributed by atoms with van der Waals surface area (Å²) in [4.78, 5) is 0. The summed E-state index contributed by atoms with van der Waals surface area (Å²) >= 11 is 0. The van der Waals surface area contributed by atoms with Crippen LogP contribution in [0.25, 0.3) is 0 Å². The zero-order valence-electron chi connectivity index (χ0n) is 32.8. The average Bonchev–Trinajstić information content (AvgIpc) is 3.04. The molecule has 16 heteroatoms. The summed E-state index contributed by atoms with van der Waals surface area (Å²) in [6.45, 7) is 6.73. The SMILES string of the molecule is CCCCCCCCCCCCOS(=O)(=O)[O-].CCCCCCCCCCCCOS(=O)(=O)[O-].CCCCCCCCCCCCOS(=O)(=O)[O-].[Fe+3]. The second-order valence-electron chi connectivity index (χ2n) is 13.2. The summed E-state index contributed by atoms with van der Waals surface area (Å²) in [5.74, 6) is 0. The van der Waals surface area contributed by atoms with Gasteiger partial charge in [0.15, 0.2) is 0 Å². The number of unbranched alkanes of at least 4 members (excludes halogenated alkanes) is 27. The maximum atomic E-state index is 10.1. The fourth-order valence-corrected chi connectivity index (χ4v) is 6.22. The van der Waals surface area contributed by atoms with Crippen LogP contribution in [0.15, 0.2) is 0 Å². The molecule has 317 valence electrons. The van der Waals surface area contributed by atoms with E-state index < -0.39 is 31.2 Å². The van der Waals surface area contributed by atoms with Gasteiger partial charge in [0.1, 0.15) is 0 Å². The van der Waals surface area contributed by atoms with E-state index in [-0.39, 0.29) is 36.9 Å². The number of rotatable bonds is 36. The van der Waals surface area contributed by atoms with Gasteiger partial charge in [0, 0.05) is 0 Å². The molecule has 0 unspecified atom stereocenters. The molecule has 0 spiro atoms. The number of hydrogen-bond acceptors (Lipinski definition) is 12. The van der Waals surface area contributed by atoms with Crippen molar-refractivity contribution in [2.75, 3.05) is 19.8 Å². The maximum absolute atomic E-state index is 10.1. The van der Waals surface area contributed by atoms with Crippen molar-refractivity contribution in [2.45, 2.75) is 213 Å². The first-order valence-corrected chi connectivity index (χ1v) is 24.0. The van der Waals surface area contributed by atoms with Crippen molar-refractivity contribution in [3.8, 4) is 0 Å². The molecule has 0 amide bonds. The minimum absolute atomic E-state index is 0. The molecule has 52 heavy (non-hydrogen) atoms. The van der Waals surface area contributed by atoms with E-state index in [0.717, 1.165) is 38.5 Å². The standard InChI is InChI=1S/3C12H26O4S.Fe/c3*1-2-3-4-5-6-7-8-9-10-11-12-16-17(13,14)15;/h3*2-12H2,1H3,(H,13,14,15);/q;;;+3/p-3. The van der Waals surface area contributed by atoms with Crippen LogP contribution in [0.1, 0.15) is 213 Å². The van der Waals surface area contributed by atoms with Gasteiger partial charge in [0.25, 0.3) is 0 Å². The van der Waals surface area contributed by atoms with Gasteiger partial charge in [-0.2, -0.15) is 0 Å². The second-order valence-corrected chi connectivity index (χ2v) is 16.4. The van der Waals surface area contributed by atoms with E-state index in [9.17, 15) is 38.9 Å². The molecule has 1 radical (unpaired) electrons. The molecule has 0 saturated carbocycles. The third kappa shape index (κ3) is 68.2. The van der Waals surface area contributed by atoms with Gasteiger partial charge in [-0.3, -0.25) is 12.5 Å². The zero-order chi connectivity index (χ0) is 39.0. The Kier molecular flexibility index (Phi) is 49.6. The molecule has 12 nitrogen and oxygen atoms in total. The van der Waals surface area contributed by atoms with E-state index in [0.29, 0.717) is 19.3 Å². The summed E-state index contributed by atoms with van der Waals surface area (Å²) in [6, 6.07) is 0. The number of hydrogen-bond donors (Lipinski definition) is 0. The quantitative estimate of drug-likeness (QED) is 0.0250. The molecule has 0 aliphatic carbocycles. The molecule has 0 aromatic carbocycles. The van der Waals surface area contributed by atoms with Crippen molar-refractivity contribution < 1.29 is 68.5 Å². The fraction of sp³-hybridized carbons (Fsp3) is 1.00. The fourth-order valence-electron chi connectivity index (χ4n) is 5.25. The van der Waals surface area contributed by atoms with Crippen LogP contribution in [0.5, 0.6) is 0 Å². The third-order valence-corrected chi connectivity index (χ3v) is 9.54.